The van der Waals surface area contributed by atoms with Gasteiger partial charge in [-0.3, -0.25) is 4.79 Å². The third kappa shape index (κ3) is 1.39. The van der Waals surface area contributed by atoms with Gasteiger partial charge in [-0.2, -0.15) is 0 Å². The predicted molar refractivity (Wildman–Crippen MR) is 68.5 cm³/mol. The first-order valence-corrected chi connectivity index (χ1v) is 5.69. The zero-order chi connectivity index (χ0) is 12.5. The average molecular weight is 225 g/mol. The van der Waals surface area contributed by atoms with E-state index in [2.05, 4.69) is 12.5 Å². The Balaban J connectivity index is 2.65. The van der Waals surface area contributed by atoms with E-state index in [-0.39, 0.29) is 5.91 Å². The van der Waals surface area contributed by atoms with Crippen molar-refractivity contribution in [1.29, 1.82) is 0 Å². The molecule has 0 spiro atoms. The number of benzene rings is 1. The highest BCUT2D eigenvalue weighted by Crippen LogP contribution is 2.42. The molecule has 1 aromatic rings. The van der Waals surface area contributed by atoms with Crippen molar-refractivity contribution in [2.24, 2.45) is 0 Å². The van der Waals surface area contributed by atoms with Crippen LogP contribution in [0.25, 0.3) is 0 Å². The molecule has 0 saturated heterocycles. The van der Waals surface area contributed by atoms with Gasteiger partial charge in [0.25, 0.3) is 5.91 Å². The second kappa shape index (κ2) is 4.10. The number of amides is 1. The quantitative estimate of drug-likeness (QED) is 0.572. The maximum atomic E-state index is 12.3. The minimum Gasteiger partial charge on any atom is -0.314 e. The van der Waals surface area contributed by atoms with Crippen LogP contribution in [0.3, 0.4) is 0 Å². The molecule has 1 amide bonds. The van der Waals surface area contributed by atoms with Crippen molar-refractivity contribution in [3.05, 3.63) is 48.0 Å². The maximum Gasteiger partial charge on any atom is 0.256 e. The Kier molecular flexibility index (Phi) is 2.77. The summed E-state index contributed by atoms with van der Waals surface area (Å²) >= 11 is 0. The summed E-state index contributed by atoms with van der Waals surface area (Å²) < 4.78 is 0. The zero-order valence-corrected chi connectivity index (χ0v) is 9.94. The summed E-state index contributed by atoms with van der Waals surface area (Å²) in [5, 5.41) is 0. The van der Waals surface area contributed by atoms with E-state index < -0.39 is 5.54 Å². The smallest absolute Gasteiger partial charge is 0.256 e. The molecule has 86 valence electrons. The Labute approximate surface area is 102 Å². The predicted octanol–water partition coefficient (Wildman–Crippen LogP) is 2.57. The fraction of sp³-hybridized carbons (Fsp3) is 0.267. The van der Waals surface area contributed by atoms with Gasteiger partial charge in [0.05, 0.1) is 12.1 Å². The normalized spacial score (nSPS) is 22.1. The van der Waals surface area contributed by atoms with Gasteiger partial charge in [0.15, 0.2) is 0 Å². The summed E-state index contributed by atoms with van der Waals surface area (Å²) in [5.41, 5.74) is 1.31. The monoisotopic (exact) mass is 225 g/mol. The standard InChI is InChI=1S/C15H15NO/c1-4-11-16-14(17)12-9-7-8-10-13(12)15(16,5-2)6-3/h1,5,7-10H,2,6,11H2,3H3. The molecule has 1 aromatic carbocycles. The fourth-order valence-corrected chi connectivity index (χ4v) is 2.57. The van der Waals surface area contributed by atoms with Gasteiger partial charge in [-0.1, -0.05) is 37.1 Å². The van der Waals surface area contributed by atoms with Crippen LogP contribution in [0.2, 0.25) is 0 Å². The SMILES string of the molecule is C#CCN1C(=O)c2ccccc2C1(C=C)CC. The molecule has 0 fully saturated rings. The first-order valence-electron chi connectivity index (χ1n) is 5.69. The molecular weight excluding hydrogens is 210 g/mol. The van der Waals surface area contributed by atoms with Gasteiger partial charge < -0.3 is 4.90 Å². The van der Waals surface area contributed by atoms with Gasteiger partial charge in [-0.15, -0.1) is 13.0 Å². The Hall–Kier alpha value is -2.01. The van der Waals surface area contributed by atoms with Crippen LogP contribution in [-0.4, -0.2) is 17.4 Å². The van der Waals surface area contributed by atoms with Crippen molar-refractivity contribution in [2.45, 2.75) is 18.9 Å². The summed E-state index contributed by atoms with van der Waals surface area (Å²) in [6, 6.07) is 7.65. The van der Waals surface area contributed by atoms with Crippen molar-refractivity contribution in [1.82, 2.24) is 4.90 Å². The average Bonchev–Trinajstić information content (AvgIpc) is 2.61. The lowest BCUT2D eigenvalue weighted by atomic mass is 9.87. The highest BCUT2D eigenvalue weighted by molar-refractivity contribution is 6.00. The second-order valence-electron chi connectivity index (χ2n) is 4.12. The first-order chi connectivity index (χ1) is 8.21. The summed E-state index contributed by atoms with van der Waals surface area (Å²) in [5.74, 6) is 2.56. The van der Waals surface area contributed by atoms with E-state index in [1.54, 1.807) is 4.90 Å². The third-order valence-corrected chi connectivity index (χ3v) is 3.48. The van der Waals surface area contributed by atoms with Crippen LogP contribution >= 0.6 is 0 Å². The van der Waals surface area contributed by atoms with Crippen molar-refractivity contribution in [3.63, 3.8) is 0 Å². The molecule has 1 atom stereocenters. The number of fused-ring (bicyclic) bond motifs is 1. The molecular formula is C15H15NO. The number of nitrogens with zero attached hydrogens (tertiary/aromatic N) is 1. The second-order valence-corrected chi connectivity index (χ2v) is 4.12. The molecule has 0 bridgehead atoms. The van der Waals surface area contributed by atoms with Gasteiger partial charge in [0, 0.05) is 5.56 Å². The van der Waals surface area contributed by atoms with Crippen LogP contribution < -0.4 is 0 Å². The van der Waals surface area contributed by atoms with Crippen LogP contribution in [0, 0.1) is 12.3 Å². The Morgan fingerprint density at radius 3 is 2.82 bits per heavy atom. The fourth-order valence-electron chi connectivity index (χ4n) is 2.57. The molecule has 0 N–H and O–H groups in total. The molecule has 1 heterocycles. The van der Waals surface area contributed by atoms with Gasteiger partial charge in [0.1, 0.15) is 0 Å². The molecule has 1 unspecified atom stereocenters. The molecule has 17 heavy (non-hydrogen) atoms. The van der Waals surface area contributed by atoms with E-state index in [1.165, 1.54) is 0 Å². The van der Waals surface area contributed by atoms with E-state index in [4.69, 9.17) is 6.42 Å². The number of hydrogen-bond acceptors (Lipinski definition) is 1. The van der Waals surface area contributed by atoms with Crippen molar-refractivity contribution in [3.8, 4) is 12.3 Å². The molecule has 0 aliphatic carbocycles. The van der Waals surface area contributed by atoms with Crippen LogP contribution in [0.4, 0.5) is 0 Å². The van der Waals surface area contributed by atoms with Crippen LogP contribution in [-0.2, 0) is 5.54 Å². The highest BCUT2D eigenvalue weighted by Gasteiger charge is 2.45. The van der Waals surface area contributed by atoms with Crippen molar-refractivity contribution in [2.75, 3.05) is 6.54 Å². The summed E-state index contributed by atoms with van der Waals surface area (Å²) in [6.45, 7) is 6.24. The molecule has 2 rings (SSSR count). The number of terminal acetylenes is 1. The molecule has 2 nitrogen and oxygen atoms in total. The van der Waals surface area contributed by atoms with Crippen LogP contribution in [0.1, 0.15) is 29.3 Å². The van der Waals surface area contributed by atoms with E-state index >= 15 is 0 Å². The number of carbonyl (C=O) groups excluding carboxylic acids is 1. The molecule has 1 aliphatic heterocycles. The molecule has 2 heteroatoms. The lowest BCUT2D eigenvalue weighted by Gasteiger charge is -2.34. The van der Waals surface area contributed by atoms with E-state index in [0.29, 0.717) is 6.54 Å². The van der Waals surface area contributed by atoms with Crippen molar-refractivity contribution < 1.29 is 4.79 Å². The van der Waals surface area contributed by atoms with Crippen LogP contribution in [0.5, 0.6) is 0 Å². The highest BCUT2D eigenvalue weighted by atomic mass is 16.2. The summed E-state index contributed by atoms with van der Waals surface area (Å²) in [4.78, 5) is 14.0. The van der Waals surface area contributed by atoms with Gasteiger partial charge >= 0.3 is 0 Å². The first kappa shape index (κ1) is 11.5. The van der Waals surface area contributed by atoms with Crippen LogP contribution in [0.15, 0.2) is 36.9 Å². The summed E-state index contributed by atoms with van der Waals surface area (Å²) in [7, 11) is 0. The minimum atomic E-state index is -0.444. The Morgan fingerprint density at radius 1 is 1.53 bits per heavy atom. The lowest BCUT2D eigenvalue weighted by molar-refractivity contribution is 0.0667. The Bertz CT molecular complexity index is 512. The van der Waals surface area contributed by atoms with E-state index in [1.807, 2.05) is 37.3 Å². The van der Waals surface area contributed by atoms with Gasteiger partial charge in [-0.05, 0) is 18.1 Å². The van der Waals surface area contributed by atoms with Gasteiger partial charge in [-0.25, -0.2) is 0 Å². The molecule has 0 saturated carbocycles. The third-order valence-electron chi connectivity index (χ3n) is 3.48. The van der Waals surface area contributed by atoms with E-state index in [0.717, 1.165) is 17.5 Å². The molecule has 0 radical (unpaired) electrons. The maximum absolute atomic E-state index is 12.3. The molecule has 0 aromatic heterocycles. The number of rotatable bonds is 3. The summed E-state index contributed by atoms with van der Waals surface area (Å²) in [6.07, 6.45) is 7.96. The van der Waals surface area contributed by atoms with Gasteiger partial charge in [0.2, 0.25) is 0 Å². The Morgan fingerprint density at radius 2 is 2.24 bits per heavy atom. The topological polar surface area (TPSA) is 20.3 Å². The number of carbonyl (C=O) groups is 1. The number of hydrogen-bond donors (Lipinski definition) is 0. The van der Waals surface area contributed by atoms with E-state index in [9.17, 15) is 4.79 Å². The molecule has 1 aliphatic rings. The zero-order valence-electron chi connectivity index (χ0n) is 9.94. The minimum absolute atomic E-state index is 0.000278. The lowest BCUT2D eigenvalue weighted by Crippen LogP contribution is -2.42. The largest absolute Gasteiger partial charge is 0.314 e. The van der Waals surface area contributed by atoms with Crippen molar-refractivity contribution >= 4 is 5.91 Å².